The highest BCUT2D eigenvalue weighted by Gasteiger charge is 2.13. The Morgan fingerprint density at radius 3 is 2.89 bits per heavy atom. The number of carbonyl (C=O) groups excluding carboxylic acids is 1. The van der Waals surface area contributed by atoms with E-state index in [0.717, 1.165) is 20.8 Å². The molecule has 1 amide bonds. The molecule has 0 radical (unpaired) electrons. The van der Waals surface area contributed by atoms with Gasteiger partial charge in [-0.15, -0.1) is 11.3 Å². The zero-order valence-electron chi connectivity index (χ0n) is 14.1. The summed E-state index contributed by atoms with van der Waals surface area (Å²) in [6, 6.07) is 16.4. The van der Waals surface area contributed by atoms with Crippen molar-refractivity contribution in [3.05, 3.63) is 72.0 Å². The minimum Gasteiger partial charge on any atom is -0.484 e. The maximum atomic E-state index is 12.3. The molecule has 4 rings (SSSR count). The van der Waals surface area contributed by atoms with Gasteiger partial charge in [0.05, 0.1) is 15.9 Å². The van der Waals surface area contributed by atoms with Gasteiger partial charge in [0.1, 0.15) is 10.8 Å². The summed E-state index contributed by atoms with van der Waals surface area (Å²) in [5.74, 6) is 0.287. The van der Waals surface area contributed by atoms with E-state index in [-0.39, 0.29) is 12.5 Å². The molecule has 0 aliphatic rings. The second-order valence-corrected chi connectivity index (χ2v) is 7.17. The Hall–Kier alpha value is -2.96. The summed E-state index contributed by atoms with van der Waals surface area (Å²) < 4.78 is 6.49. The number of anilines is 1. The van der Waals surface area contributed by atoms with E-state index in [1.54, 1.807) is 36.7 Å². The van der Waals surface area contributed by atoms with Crippen molar-refractivity contribution in [2.24, 2.45) is 0 Å². The van der Waals surface area contributed by atoms with E-state index < -0.39 is 0 Å². The highest BCUT2D eigenvalue weighted by atomic mass is 35.5. The number of benzene rings is 2. The predicted molar refractivity (Wildman–Crippen MR) is 108 cm³/mol. The van der Waals surface area contributed by atoms with Gasteiger partial charge in [-0.25, -0.2) is 4.98 Å². The molecule has 0 spiro atoms. The standard InChI is InChI=1S/C20H14ClN3O2S/c21-13-4-3-5-14(10-13)26-12-19(25)23-16-7-2-1-6-15(16)20-24-17-8-9-22-11-18(17)27-20/h1-11H,12H2,(H,23,25). The van der Waals surface area contributed by atoms with Gasteiger partial charge in [-0.2, -0.15) is 0 Å². The Kier molecular flexibility index (Phi) is 5.00. The summed E-state index contributed by atoms with van der Waals surface area (Å²) in [6.07, 6.45) is 3.50. The van der Waals surface area contributed by atoms with Crippen molar-refractivity contribution >= 4 is 44.7 Å². The molecule has 0 saturated heterocycles. The van der Waals surface area contributed by atoms with Gasteiger partial charge in [0.25, 0.3) is 5.91 Å². The average Bonchev–Trinajstić information content (AvgIpc) is 3.11. The number of para-hydroxylation sites is 1. The lowest BCUT2D eigenvalue weighted by atomic mass is 10.2. The second kappa shape index (κ2) is 7.73. The number of hydrogen-bond acceptors (Lipinski definition) is 5. The largest absolute Gasteiger partial charge is 0.484 e. The van der Waals surface area contributed by atoms with Gasteiger partial charge < -0.3 is 10.1 Å². The molecular formula is C20H14ClN3O2S. The van der Waals surface area contributed by atoms with Crippen molar-refractivity contribution in [1.29, 1.82) is 0 Å². The number of aromatic nitrogens is 2. The first-order chi connectivity index (χ1) is 13.2. The zero-order valence-corrected chi connectivity index (χ0v) is 15.6. The number of fused-ring (bicyclic) bond motifs is 1. The van der Waals surface area contributed by atoms with E-state index in [1.165, 1.54) is 11.3 Å². The molecule has 0 fully saturated rings. The van der Waals surface area contributed by atoms with Crippen LogP contribution in [0.15, 0.2) is 67.0 Å². The molecule has 0 unspecified atom stereocenters. The number of carbonyl (C=O) groups is 1. The van der Waals surface area contributed by atoms with Crippen LogP contribution in [0, 0.1) is 0 Å². The van der Waals surface area contributed by atoms with Crippen molar-refractivity contribution in [3.63, 3.8) is 0 Å². The summed E-state index contributed by atoms with van der Waals surface area (Å²) in [5.41, 5.74) is 2.43. The summed E-state index contributed by atoms with van der Waals surface area (Å²) in [4.78, 5) is 21.1. The van der Waals surface area contributed by atoms with E-state index >= 15 is 0 Å². The molecule has 2 heterocycles. The first-order valence-corrected chi connectivity index (χ1v) is 9.37. The van der Waals surface area contributed by atoms with Crippen LogP contribution in [0.25, 0.3) is 20.8 Å². The quantitative estimate of drug-likeness (QED) is 0.514. The van der Waals surface area contributed by atoms with Crippen molar-refractivity contribution in [1.82, 2.24) is 9.97 Å². The van der Waals surface area contributed by atoms with E-state index in [2.05, 4.69) is 15.3 Å². The van der Waals surface area contributed by atoms with Crippen molar-refractivity contribution < 1.29 is 9.53 Å². The summed E-state index contributed by atoms with van der Waals surface area (Å²) in [6.45, 7) is -0.113. The van der Waals surface area contributed by atoms with E-state index in [1.807, 2.05) is 30.3 Å². The van der Waals surface area contributed by atoms with Gasteiger partial charge in [-0.1, -0.05) is 29.8 Å². The van der Waals surface area contributed by atoms with Crippen LogP contribution in [0.5, 0.6) is 5.75 Å². The van der Waals surface area contributed by atoms with Gasteiger partial charge in [0, 0.05) is 23.0 Å². The lowest BCUT2D eigenvalue weighted by molar-refractivity contribution is -0.118. The van der Waals surface area contributed by atoms with Gasteiger partial charge in [0.15, 0.2) is 6.61 Å². The van der Waals surface area contributed by atoms with E-state index in [0.29, 0.717) is 16.5 Å². The van der Waals surface area contributed by atoms with Crippen LogP contribution in [0.4, 0.5) is 5.69 Å². The SMILES string of the molecule is O=C(COc1cccc(Cl)c1)Nc1ccccc1-c1nc2ccncc2s1. The average molecular weight is 396 g/mol. The molecule has 1 N–H and O–H groups in total. The zero-order chi connectivity index (χ0) is 18.6. The van der Waals surface area contributed by atoms with Crippen LogP contribution in [0.1, 0.15) is 0 Å². The molecule has 0 aliphatic heterocycles. The monoisotopic (exact) mass is 395 g/mol. The topological polar surface area (TPSA) is 64.1 Å². The van der Waals surface area contributed by atoms with Gasteiger partial charge in [0.2, 0.25) is 0 Å². The van der Waals surface area contributed by atoms with Crippen molar-refractivity contribution in [2.75, 3.05) is 11.9 Å². The van der Waals surface area contributed by atoms with E-state index in [9.17, 15) is 4.79 Å². The molecule has 2 aromatic heterocycles. The first-order valence-electron chi connectivity index (χ1n) is 8.17. The highest BCUT2D eigenvalue weighted by molar-refractivity contribution is 7.21. The van der Waals surface area contributed by atoms with Gasteiger partial charge >= 0.3 is 0 Å². The second-order valence-electron chi connectivity index (χ2n) is 5.70. The third-order valence-corrected chi connectivity index (χ3v) is 5.06. The fourth-order valence-electron chi connectivity index (χ4n) is 2.57. The number of nitrogens with one attached hydrogen (secondary N) is 1. The predicted octanol–water partition coefficient (Wildman–Crippen LogP) is 5.03. The minimum absolute atomic E-state index is 0.113. The minimum atomic E-state index is -0.259. The number of hydrogen-bond donors (Lipinski definition) is 1. The van der Waals surface area contributed by atoms with Crippen LogP contribution in [-0.4, -0.2) is 22.5 Å². The number of amides is 1. The van der Waals surface area contributed by atoms with Crippen LogP contribution >= 0.6 is 22.9 Å². The van der Waals surface area contributed by atoms with Crippen molar-refractivity contribution in [3.8, 4) is 16.3 Å². The molecule has 2 aromatic carbocycles. The number of thiazole rings is 1. The summed E-state index contributed by atoms with van der Waals surface area (Å²) >= 11 is 7.45. The van der Waals surface area contributed by atoms with Crippen LogP contribution in [0.3, 0.4) is 0 Å². The summed E-state index contributed by atoms with van der Waals surface area (Å²) in [5, 5.41) is 4.27. The van der Waals surface area contributed by atoms with Crippen LogP contribution in [0.2, 0.25) is 5.02 Å². The van der Waals surface area contributed by atoms with E-state index in [4.69, 9.17) is 16.3 Å². The Labute approximate surface area is 164 Å². The molecule has 134 valence electrons. The van der Waals surface area contributed by atoms with Gasteiger partial charge in [-0.3, -0.25) is 9.78 Å². The number of rotatable bonds is 5. The maximum Gasteiger partial charge on any atom is 0.262 e. The number of halogens is 1. The maximum absolute atomic E-state index is 12.3. The molecule has 0 atom stereocenters. The molecule has 0 bridgehead atoms. The molecule has 0 saturated carbocycles. The van der Waals surface area contributed by atoms with Crippen molar-refractivity contribution in [2.45, 2.75) is 0 Å². The summed E-state index contributed by atoms with van der Waals surface area (Å²) in [7, 11) is 0. The molecular weight excluding hydrogens is 382 g/mol. The normalized spacial score (nSPS) is 10.7. The molecule has 27 heavy (non-hydrogen) atoms. The number of ether oxygens (including phenoxy) is 1. The fourth-order valence-corrected chi connectivity index (χ4v) is 3.72. The Balaban J connectivity index is 1.51. The number of pyridine rings is 1. The Bertz CT molecular complexity index is 1080. The van der Waals surface area contributed by atoms with Gasteiger partial charge in [-0.05, 0) is 36.4 Å². The Morgan fingerprint density at radius 2 is 2.04 bits per heavy atom. The van der Waals surface area contributed by atoms with Crippen LogP contribution < -0.4 is 10.1 Å². The lowest BCUT2D eigenvalue weighted by Crippen LogP contribution is -2.20. The third-order valence-electron chi connectivity index (χ3n) is 3.79. The number of nitrogens with zero attached hydrogens (tertiary/aromatic N) is 2. The van der Waals surface area contributed by atoms with Crippen LogP contribution in [-0.2, 0) is 4.79 Å². The molecule has 7 heteroatoms. The first kappa shape index (κ1) is 17.5. The Morgan fingerprint density at radius 1 is 1.15 bits per heavy atom. The smallest absolute Gasteiger partial charge is 0.262 e. The third kappa shape index (κ3) is 4.07. The molecule has 5 nitrogen and oxygen atoms in total. The fraction of sp³-hybridized carbons (Fsp3) is 0.0500. The molecule has 0 aliphatic carbocycles. The highest BCUT2D eigenvalue weighted by Crippen LogP contribution is 2.34. The lowest BCUT2D eigenvalue weighted by Gasteiger charge is -2.10. The molecule has 4 aromatic rings.